The van der Waals surface area contributed by atoms with Crippen LogP contribution in [0.4, 0.5) is 0 Å². The SMILES string of the molecule is C[C@]12CCCC=C1CC[C@@H]1C2=CC[C@]2(C)C(=O)CC[C@@H]12. The van der Waals surface area contributed by atoms with Crippen molar-refractivity contribution in [3.63, 3.8) is 0 Å². The number of fused-ring (bicyclic) bond motifs is 5. The average Bonchev–Trinajstić information content (AvgIpc) is 2.74. The van der Waals surface area contributed by atoms with Crippen LogP contribution in [0.1, 0.15) is 65.2 Å². The Balaban J connectivity index is 1.78. The summed E-state index contributed by atoms with van der Waals surface area (Å²) in [5.74, 6) is 1.86. The van der Waals surface area contributed by atoms with E-state index < -0.39 is 0 Å². The summed E-state index contributed by atoms with van der Waals surface area (Å²) in [6.45, 7) is 4.73. The lowest BCUT2D eigenvalue weighted by Crippen LogP contribution is -2.44. The minimum absolute atomic E-state index is 0.0274. The summed E-state index contributed by atoms with van der Waals surface area (Å²) >= 11 is 0. The molecule has 4 atom stereocenters. The van der Waals surface area contributed by atoms with Gasteiger partial charge in [0.05, 0.1) is 0 Å². The highest BCUT2D eigenvalue weighted by molar-refractivity contribution is 5.87. The molecule has 0 aromatic heterocycles. The van der Waals surface area contributed by atoms with Crippen LogP contribution in [0.15, 0.2) is 23.3 Å². The third-order valence-electron chi connectivity index (χ3n) is 7.11. The zero-order valence-corrected chi connectivity index (χ0v) is 12.9. The molecule has 0 radical (unpaired) electrons. The van der Waals surface area contributed by atoms with Crippen LogP contribution in [-0.4, -0.2) is 5.78 Å². The van der Waals surface area contributed by atoms with Gasteiger partial charge in [0.1, 0.15) is 5.78 Å². The second kappa shape index (κ2) is 4.08. The number of hydrogen-bond acceptors (Lipinski definition) is 1. The van der Waals surface area contributed by atoms with Crippen LogP contribution in [-0.2, 0) is 4.79 Å². The Morgan fingerprint density at radius 2 is 2.00 bits per heavy atom. The van der Waals surface area contributed by atoms with E-state index in [1.54, 1.807) is 11.1 Å². The molecule has 4 aliphatic rings. The monoisotopic (exact) mass is 270 g/mol. The van der Waals surface area contributed by atoms with Crippen LogP contribution in [0, 0.1) is 22.7 Å². The molecule has 2 saturated carbocycles. The number of carbonyl (C=O) groups is 1. The highest BCUT2D eigenvalue weighted by Crippen LogP contribution is 2.62. The Labute approximate surface area is 122 Å². The predicted molar refractivity (Wildman–Crippen MR) is 81.3 cm³/mol. The maximum atomic E-state index is 12.3. The Kier molecular flexibility index (Phi) is 2.63. The minimum Gasteiger partial charge on any atom is -0.299 e. The fourth-order valence-electron chi connectivity index (χ4n) is 5.83. The molecule has 0 bridgehead atoms. The number of Topliss-reactive ketones (excluding diaryl/α,β-unsaturated/α-hetero) is 1. The van der Waals surface area contributed by atoms with Crippen molar-refractivity contribution in [3.8, 4) is 0 Å². The summed E-state index contributed by atoms with van der Waals surface area (Å²) in [5.41, 5.74) is 3.74. The zero-order chi connectivity index (χ0) is 14.0. The quantitative estimate of drug-likeness (QED) is 0.576. The highest BCUT2D eigenvalue weighted by atomic mass is 16.1. The molecule has 0 heterocycles. The Hall–Kier alpha value is -0.850. The van der Waals surface area contributed by atoms with Crippen molar-refractivity contribution in [1.82, 2.24) is 0 Å². The molecule has 2 fully saturated rings. The molecule has 108 valence electrons. The van der Waals surface area contributed by atoms with E-state index in [2.05, 4.69) is 26.0 Å². The summed E-state index contributed by atoms with van der Waals surface area (Å²) in [7, 11) is 0. The summed E-state index contributed by atoms with van der Waals surface area (Å²) in [6, 6.07) is 0. The van der Waals surface area contributed by atoms with Crippen molar-refractivity contribution in [3.05, 3.63) is 23.3 Å². The molecule has 0 spiro atoms. The largest absolute Gasteiger partial charge is 0.299 e. The van der Waals surface area contributed by atoms with Crippen LogP contribution in [0.5, 0.6) is 0 Å². The molecule has 0 aromatic carbocycles. The first kappa shape index (κ1) is 12.9. The van der Waals surface area contributed by atoms with Crippen LogP contribution < -0.4 is 0 Å². The molecule has 20 heavy (non-hydrogen) atoms. The summed E-state index contributed by atoms with van der Waals surface area (Å²) in [5, 5.41) is 0. The third kappa shape index (κ3) is 1.47. The predicted octanol–water partition coefficient (Wildman–Crippen LogP) is 4.83. The van der Waals surface area contributed by atoms with E-state index in [-0.39, 0.29) is 5.41 Å². The van der Waals surface area contributed by atoms with Gasteiger partial charge in [-0.3, -0.25) is 4.79 Å². The van der Waals surface area contributed by atoms with E-state index >= 15 is 0 Å². The number of ketones is 1. The van der Waals surface area contributed by atoms with E-state index in [0.29, 0.717) is 23.0 Å². The normalized spacial score (nSPS) is 47.0. The second-order valence-electron chi connectivity index (χ2n) is 7.95. The number of rotatable bonds is 0. The van der Waals surface area contributed by atoms with E-state index in [4.69, 9.17) is 0 Å². The van der Waals surface area contributed by atoms with Gasteiger partial charge in [-0.25, -0.2) is 0 Å². The molecule has 0 aliphatic heterocycles. The highest BCUT2D eigenvalue weighted by Gasteiger charge is 2.55. The van der Waals surface area contributed by atoms with Crippen molar-refractivity contribution in [2.24, 2.45) is 22.7 Å². The van der Waals surface area contributed by atoms with Gasteiger partial charge in [0.25, 0.3) is 0 Å². The van der Waals surface area contributed by atoms with Crippen molar-refractivity contribution < 1.29 is 4.79 Å². The first-order chi connectivity index (χ1) is 9.56. The van der Waals surface area contributed by atoms with Crippen molar-refractivity contribution in [1.29, 1.82) is 0 Å². The van der Waals surface area contributed by atoms with Crippen molar-refractivity contribution in [2.45, 2.75) is 65.2 Å². The molecule has 4 rings (SSSR count). The second-order valence-corrected chi connectivity index (χ2v) is 7.95. The Morgan fingerprint density at radius 3 is 2.85 bits per heavy atom. The van der Waals surface area contributed by atoms with Crippen LogP contribution in [0.2, 0.25) is 0 Å². The molecule has 0 unspecified atom stereocenters. The molecule has 0 amide bonds. The lowest BCUT2D eigenvalue weighted by molar-refractivity contribution is -0.127. The van der Waals surface area contributed by atoms with E-state index in [0.717, 1.165) is 19.3 Å². The Bertz CT molecular complexity index is 526. The van der Waals surface area contributed by atoms with Gasteiger partial charge in [-0.15, -0.1) is 0 Å². The molecule has 1 heteroatoms. The smallest absolute Gasteiger partial charge is 0.139 e. The van der Waals surface area contributed by atoms with Crippen LogP contribution >= 0.6 is 0 Å². The lowest BCUT2D eigenvalue weighted by Gasteiger charge is -2.52. The lowest BCUT2D eigenvalue weighted by atomic mass is 9.52. The molecule has 1 nitrogen and oxygen atoms in total. The van der Waals surface area contributed by atoms with Gasteiger partial charge in [-0.05, 0) is 56.8 Å². The van der Waals surface area contributed by atoms with E-state index in [1.165, 1.54) is 32.1 Å². The number of carbonyl (C=O) groups excluding carboxylic acids is 1. The number of allylic oxidation sites excluding steroid dienone is 4. The first-order valence-corrected chi connectivity index (χ1v) is 8.49. The molecule has 0 saturated heterocycles. The van der Waals surface area contributed by atoms with Gasteiger partial charge >= 0.3 is 0 Å². The van der Waals surface area contributed by atoms with Gasteiger partial charge in [0.2, 0.25) is 0 Å². The molecule has 0 N–H and O–H groups in total. The topological polar surface area (TPSA) is 17.1 Å². The van der Waals surface area contributed by atoms with Crippen molar-refractivity contribution >= 4 is 5.78 Å². The minimum atomic E-state index is -0.0274. The zero-order valence-electron chi connectivity index (χ0n) is 12.9. The summed E-state index contributed by atoms with van der Waals surface area (Å²) in [6.07, 6.45) is 14.5. The first-order valence-electron chi connectivity index (χ1n) is 8.49. The summed E-state index contributed by atoms with van der Waals surface area (Å²) in [4.78, 5) is 12.3. The molecule has 0 aromatic rings. The number of hydrogen-bond donors (Lipinski definition) is 0. The standard InChI is InChI=1S/C19H26O/c1-18-11-4-3-5-13(18)6-7-14-15-8-9-17(20)19(15,2)12-10-16(14)18/h5,10,14-15H,3-4,6-9,11-12H2,1-2H3/t14-,15-,18-,19-/m0/s1. The van der Waals surface area contributed by atoms with E-state index in [1.807, 2.05) is 0 Å². The molecular weight excluding hydrogens is 244 g/mol. The third-order valence-corrected chi connectivity index (χ3v) is 7.11. The van der Waals surface area contributed by atoms with Gasteiger partial charge in [-0.1, -0.05) is 37.1 Å². The van der Waals surface area contributed by atoms with Gasteiger partial charge in [0, 0.05) is 17.3 Å². The maximum Gasteiger partial charge on any atom is 0.139 e. The van der Waals surface area contributed by atoms with Crippen LogP contribution in [0.3, 0.4) is 0 Å². The van der Waals surface area contributed by atoms with Crippen molar-refractivity contribution in [2.75, 3.05) is 0 Å². The molecule has 4 aliphatic carbocycles. The fraction of sp³-hybridized carbons (Fsp3) is 0.737. The van der Waals surface area contributed by atoms with Gasteiger partial charge in [0.15, 0.2) is 0 Å². The van der Waals surface area contributed by atoms with Crippen LogP contribution in [0.25, 0.3) is 0 Å². The summed E-state index contributed by atoms with van der Waals surface area (Å²) < 4.78 is 0. The van der Waals surface area contributed by atoms with Gasteiger partial charge < -0.3 is 0 Å². The van der Waals surface area contributed by atoms with E-state index in [9.17, 15) is 4.79 Å². The average molecular weight is 270 g/mol. The maximum absolute atomic E-state index is 12.3. The fourth-order valence-corrected chi connectivity index (χ4v) is 5.83. The Morgan fingerprint density at radius 1 is 1.15 bits per heavy atom. The van der Waals surface area contributed by atoms with Gasteiger partial charge in [-0.2, -0.15) is 0 Å². The molecular formula is C19H26O.